The summed E-state index contributed by atoms with van der Waals surface area (Å²) in [5.74, 6) is 1.21. The van der Waals surface area contributed by atoms with Gasteiger partial charge in [0.05, 0.1) is 13.2 Å². The summed E-state index contributed by atoms with van der Waals surface area (Å²) in [6.07, 6.45) is 7.11. The predicted octanol–water partition coefficient (Wildman–Crippen LogP) is 3.19. The van der Waals surface area contributed by atoms with Crippen molar-refractivity contribution in [1.29, 1.82) is 0 Å². The maximum absolute atomic E-state index is 12.6. The lowest BCUT2D eigenvalue weighted by Crippen LogP contribution is -2.37. The minimum Gasteiger partial charge on any atom is -0.496 e. The Balaban J connectivity index is 1.57. The predicted molar refractivity (Wildman–Crippen MR) is 89.6 cm³/mol. The van der Waals surface area contributed by atoms with Gasteiger partial charge in [-0.3, -0.25) is 4.79 Å². The minimum absolute atomic E-state index is 0.290. The fourth-order valence-electron chi connectivity index (χ4n) is 3.80. The van der Waals surface area contributed by atoms with Crippen LogP contribution in [0.2, 0.25) is 0 Å². The first-order valence-electron chi connectivity index (χ1n) is 8.81. The van der Waals surface area contributed by atoms with Crippen LogP contribution in [0.5, 0.6) is 5.75 Å². The van der Waals surface area contributed by atoms with E-state index in [-0.39, 0.29) is 5.91 Å². The van der Waals surface area contributed by atoms with Crippen molar-refractivity contribution in [2.45, 2.75) is 57.1 Å². The van der Waals surface area contributed by atoms with Crippen molar-refractivity contribution >= 4 is 5.91 Å². The molecule has 2 aliphatic heterocycles. The molecule has 0 spiro atoms. The molecule has 0 aliphatic carbocycles. The van der Waals surface area contributed by atoms with E-state index in [0.29, 0.717) is 18.6 Å². The molecule has 0 aromatic heterocycles. The van der Waals surface area contributed by atoms with Gasteiger partial charge in [-0.15, -0.1) is 0 Å². The molecule has 0 saturated carbocycles. The van der Waals surface area contributed by atoms with Crippen LogP contribution in [0, 0.1) is 0 Å². The summed E-state index contributed by atoms with van der Waals surface area (Å²) < 4.78 is 11.1. The van der Waals surface area contributed by atoms with Crippen LogP contribution in [0.15, 0.2) is 24.3 Å². The Morgan fingerprint density at radius 2 is 2.17 bits per heavy atom. The summed E-state index contributed by atoms with van der Waals surface area (Å²) in [5.41, 5.74) is 1.19. The van der Waals surface area contributed by atoms with Crippen molar-refractivity contribution in [3.63, 3.8) is 0 Å². The number of carbonyl (C=O) groups is 1. The number of methoxy groups -OCH3 is 1. The number of hydrogen-bond donors (Lipinski definition) is 0. The van der Waals surface area contributed by atoms with Crippen LogP contribution in [-0.2, 0) is 16.0 Å². The Morgan fingerprint density at radius 1 is 1.30 bits per heavy atom. The van der Waals surface area contributed by atoms with E-state index >= 15 is 0 Å². The Morgan fingerprint density at radius 3 is 2.96 bits per heavy atom. The summed E-state index contributed by atoms with van der Waals surface area (Å²) in [4.78, 5) is 14.7. The van der Waals surface area contributed by atoms with Gasteiger partial charge in [-0.1, -0.05) is 18.2 Å². The molecule has 2 saturated heterocycles. The summed E-state index contributed by atoms with van der Waals surface area (Å²) >= 11 is 0. The van der Waals surface area contributed by atoms with Crippen LogP contribution in [0.3, 0.4) is 0 Å². The van der Waals surface area contributed by atoms with E-state index < -0.39 is 0 Å². The number of carbonyl (C=O) groups excluding carboxylic acids is 1. The zero-order valence-corrected chi connectivity index (χ0v) is 14.0. The normalized spacial score (nSPS) is 24.1. The summed E-state index contributed by atoms with van der Waals surface area (Å²) in [6.45, 7) is 1.75. The highest BCUT2D eigenvalue weighted by atomic mass is 16.5. The Kier molecular flexibility index (Phi) is 5.55. The highest BCUT2D eigenvalue weighted by Crippen LogP contribution is 2.27. The third-order valence-electron chi connectivity index (χ3n) is 5.05. The van der Waals surface area contributed by atoms with Crippen LogP contribution < -0.4 is 4.74 Å². The van der Waals surface area contributed by atoms with Crippen LogP contribution in [0.25, 0.3) is 0 Å². The van der Waals surface area contributed by atoms with Gasteiger partial charge in [0.1, 0.15) is 5.75 Å². The Labute approximate surface area is 138 Å². The van der Waals surface area contributed by atoms with E-state index in [9.17, 15) is 4.79 Å². The van der Waals surface area contributed by atoms with Crippen molar-refractivity contribution in [1.82, 2.24) is 4.90 Å². The summed E-state index contributed by atoms with van der Waals surface area (Å²) in [7, 11) is 1.71. The molecular weight excluding hydrogens is 290 g/mol. The lowest BCUT2D eigenvalue weighted by Gasteiger charge is -2.26. The molecule has 0 bridgehead atoms. The highest BCUT2D eigenvalue weighted by Gasteiger charge is 2.29. The van der Waals surface area contributed by atoms with Gasteiger partial charge >= 0.3 is 0 Å². The standard InChI is InChI=1S/C19H27NO3/c1-22-18-9-3-2-6-15(18)14-16-7-4-12-20(16)19(21)11-10-17-8-5-13-23-17/h2-3,6,9,16-17H,4-5,7-8,10-14H2,1H3/t16-,17+/m1/s1. The van der Waals surface area contributed by atoms with Crippen molar-refractivity contribution < 1.29 is 14.3 Å². The van der Waals surface area contributed by atoms with Gasteiger partial charge in [0, 0.05) is 25.6 Å². The molecule has 0 N–H and O–H groups in total. The average Bonchev–Trinajstić information content (AvgIpc) is 3.25. The second-order valence-electron chi connectivity index (χ2n) is 6.57. The largest absolute Gasteiger partial charge is 0.496 e. The monoisotopic (exact) mass is 317 g/mol. The second-order valence-corrected chi connectivity index (χ2v) is 6.57. The van der Waals surface area contributed by atoms with E-state index in [1.165, 1.54) is 5.56 Å². The van der Waals surface area contributed by atoms with E-state index in [1.54, 1.807) is 7.11 Å². The third kappa shape index (κ3) is 4.05. The Bertz CT molecular complexity index is 525. The molecule has 4 nitrogen and oxygen atoms in total. The lowest BCUT2D eigenvalue weighted by molar-refractivity contribution is -0.132. The molecule has 2 aliphatic rings. The lowest BCUT2D eigenvalue weighted by atomic mass is 10.0. The zero-order valence-electron chi connectivity index (χ0n) is 14.0. The first-order valence-corrected chi connectivity index (χ1v) is 8.81. The maximum Gasteiger partial charge on any atom is 0.222 e. The molecule has 3 rings (SSSR count). The molecular formula is C19H27NO3. The molecule has 1 aromatic carbocycles. The van der Waals surface area contributed by atoms with Gasteiger partial charge in [0.15, 0.2) is 0 Å². The first-order chi connectivity index (χ1) is 11.3. The Hall–Kier alpha value is -1.55. The fourth-order valence-corrected chi connectivity index (χ4v) is 3.80. The molecule has 1 amide bonds. The van der Waals surface area contributed by atoms with E-state index in [2.05, 4.69) is 11.0 Å². The SMILES string of the molecule is COc1ccccc1C[C@H]1CCCN1C(=O)CC[C@@H]1CCCO1. The molecule has 126 valence electrons. The molecule has 4 heteroatoms. The number of likely N-dealkylation sites (tertiary alicyclic amines) is 1. The van der Waals surface area contributed by atoms with Crippen molar-refractivity contribution in [2.24, 2.45) is 0 Å². The van der Waals surface area contributed by atoms with Crippen molar-refractivity contribution in [3.8, 4) is 5.75 Å². The summed E-state index contributed by atoms with van der Waals surface area (Å²) in [6, 6.07) is 8.43. The topological polar surface area (TPSA) is 38.8 Å². The van der Waals surface area contributed by atoms with Gasteiger partial charge < -0.3 is 14.4 Å². The van der Waals surface area contributed by atoms with Gasteiger partial charge in [0.2, 0.25) is 5.91 Å². The summed E-state index contributed by atoms with van der Waals surface area (Å²) in [5, 5.41) is 0. The number of amides is 1. The van der Waals surface area contributed by atoms with Crippen LogP contribution >= 0.6 is 0 Å². The molecule has 2 heterocycles. The molecule has 0 radical (unpaired) electrons. The van der Waals surface area contributed by atoms with Gasteiger partial charge in [-0.2, -0.15) is 0 Å². The van der Waals surface area contributed by atoms with Gasteiger partial charge in [-0.25, -0.2) is 0 Å². The number of nitrogens with zero attached hydrogens (tertiary/aromatic N) is 1. The molecule has 0 unspecified atom stereocenters. The van der Waals surface area contributed by atoms with Crippen LogP contribution in [0.4, 0.5) is 0 Å². The van der Waals surface area contributed by atoms with E-state index in [1.807, 2.05) is 18.2 Å². The number of ether oxygens (including phenoxy) is 2. The number of rotatable bonds is 6. The first kappa shape index (κ1) is 16.3. The maximum atomic E-state index is 12.6. The molecule has 2 fully saturated rings. The number of hydrogen-bond acceptors (Lipinski definition) is 3. The molecule has 23 heavy (non-hydrogen) atoms. The number of para-hydroxylation sites is 1. The smallest absolute Gasteiger partial charge is 0.222 e. The van der Waals surface area contributed by atoms with Gasteiger partial charge in [0.25, 0.3) is 0 Å². The van der Waals surface area contributed by atoms with Gasteiger partial charge in [-0.05, 0) is 50.2 Å². The fraction of sp³-hybridized carbons (Fsp3) is 0.632. The average molecular weight is 317 g/mol. The van der Waals surface area contributed by atoms with Crippen LogP contribution in [0.1, 0.15) is 44.1 Å². The third-order valence-corrected chi connectivity index (χ3v) is 5.05. The minimum atomic E-state index is 0.290. The highest BCUT2D eigenvalue weighted by molar-refractivity contribution is 5.77. The molecule has 2 atom stereocenters. The van der Waals surface area contributed by atoms with Crippen molar-refractivity contribution in [2.75, 3.05) is 20.3 Å². The van der Waals surface area contributed by atoms with E-state index in [0.717, 1.165) is 57.4 Å². The quantitative estimate of drug-likeness (QED) is 0.809. The zero-order chi connectivity index (χ0) is 16.1. The van der Waals surface area contributed by atoms with Crippen LogP contribution in [-0.4, -0.2) is 43.2 Å². The molecule has 1 aromatic rings. The second kappa shape index (κ2) is 7.82. The number of benzene rings is 1. The van der Waals surface area contributed by atoms with E-state index in [4.69, 9.17) is 9.47 Å². The van der Waals surface area contributed by atoms with Crippen molar-refractivity contribution in [3.05, 3.63) is 29.8 Å².